The molecule has 46 valence electrons. The van der Waals surface area contributed by atoms with Crippen molar-refractivity contribution in [3.05, 3.63) is 17.9 Å². The van der Waals surface area contributed by atoms with Crippen LogP contribution in [0.4, 0.5) is 0 Å². The van der Waals surface area contributed by atoms with Crippen LogP contribution in [0.15, 0.2) is 16.5 Å². The monoisotopic (exact) mass is 124 g/mol. The van der Waals surface area contributed by atoms with E-state index in [0.29, 0.717) is 0 Å². The molecule has 0 aliphatic rings. The molecule has 0 radical (unpaired) electrons. The van der Waals surface area contributed by atoms with E-state index in [1.807, 2.05) is 5.43 Å². The number of nitrogens with one attached hydrogen (secondary N) is 1. The van der Waals surface area contributed by atoms with Crippen LogP contribution in [0.5, 0.6) is 0 Å². The molecule has 0 atom stereocenters. The number of nitrogens with two attached hydrogens (primary N) is 1. The van der Waals surface area contributed by atoms with Gasteiger partial charge in [0.2, 0.25) is 0 Å². The van der Waals surface area contributed by atoms with E-state index in [4.69, 9.17) is 10.3 Å². The normalized spacial score (nSPS) is 8.56. The molecule has 0 aliphatic heterocycles. The number of hydrazine groups is 1. The van der Waals surface area contributed by atoms with Gasteiger partial charge in [-0.2, -0.15) is 0 Å². The van der Waals surface area contributed by atoms with Gasteiger partial charge in [0, 0.05) is 0 Å². The van der Waals surface area contributed by atoms with Crippen LogP contribution in [-0.2, 0) is 0 Å². The summed E-state index contributed by atoms with van der Waals surface area (Å²) in [5.74, 6) is 6.14. The van der Waals surface area contributed by atoms with E-state index in [2.05, 4.69) is 0 Å². The Bertz CT molecular complexity index is 196. The van der Waals surface area contributed by atoms with Gasteiger partial charge in [0.1, 0.15) is 0 Å². The molecule has 5 heteroatoms. The van der Waals surface area contributed by atoms with Gasteiger partial charge in [-0.1, -0.05) is 0 Å². The molecular formula is C4H5BN2O2. The number of amides is 1. The molecule has 0 aromatic carbocycles. The molecule has 0 unspecified atom stereocenters. The van der Waals surface area contributed by atoms with Gasteiger partial charge in [-0.15, -0.1) is 0 Å². The average Bonchev–Trinajstić information content (AvgIpc) is 2.37. The Morgan fingerprint density at radius 1 is 1.89 bits per heavy atom. The third-order valence-electron chi connectivity index (χ3n) is 0.876. The first kappa shape index (κ1) is 6.03. The van der Waals surface area contributed by atoms with Crippen molar-refractivity contribution in [2.45, 2.75) is 0 Å². The van der Waals surface area contributed by atoms with Crippen molar-refractivity contribution in [3.8, 4) is 0 Å². The zero-order valence-electron chi connectivity index (χ0n) is 4.63. The molecule has 1 aromatic rings. The van der Waals surface area contributed by atoms with Gasteiger partial charge in [-0.25, -0.2) is 0 Å². The van der Waals surface area contributed by atoms with Crippen LogP contribution in [0, 0.1) is 0 Å². The summed E-state index contributed by atoms with van der Waals surface area (Å²) in [5.41, 5.74) is 1.93. The molecule has 0 saturated carbocycles. The molecule has 4 nitrogen and oxygen atoms in total. The SMILES string of the molecule is NNC(=O)c1cbco1. The Morgan fingerprint density at radius 3 is 3.11 bits per heavy atom. The Hall–Kier alpha value is -1.10. The summed E-state index contributed by atoms with van der Waals surface area (Å²) in [7, 11) is 0. The first-order chi connectivity index (χ1) is 4.34. The van der Waals surface area contributed by atoms with Crippen molar-refractivity contribution >= 4 is 12.8 Å². The minimum absolute atomic E-state index is 0.220. The fraction of sp³-hybridized carbons (Fsp3) is 0. The average molecular weight is 124 g/mol. The third kappa shape index (κ3) is 1.17. The second-order valence-corrected chi connectivity index (χ2v) is 1.45. The molecule has 3 N–H and O–H groups in total. The van der Waals surface area contributed by atoms with Crippen LogP contribution in [0.2, 0.25) is 0 Å². The standard InChI is InChI=1S/C4H5BN2O2/c6-7-4(8)3-1-5-2-9-3/h1-2H,6H2,(H,7,8). The zero-order chi connectivity index (χ0) is 6.69. The van der Waals surface area contributed by atoms with Crippen LogP contribution in [0.3, 0.4) is 0 Å². The summed E-state index contributed by atoms with van der Waals surface area (Å²) in [5, 5.41) is 0. The molecule has 0 bridgehead atoms. The van der Waals surface area contributed by atoms with Gasteiger partial charge in [0.15, 0.2) is 0 Å². The van der Waals surface area contributed by atoms with E-state index in [-0.39, 0.29) is 5.76 Å². The van der Waals surface area contributed by atoms with E-state index in [1.54, 1.807) is 6.91 Å². The van der Waals surface area contributed by atoms with Crippen molar-refractivity contribution < 1.29 is 9.21 Å². The molecule has 0 aliphatic carbocycles. The Kier molecular flexibility index (Phi) is 1.64. The zero-order valence-corrected chi connectivity index (χ0v) is 4.63. The van der Waals surface area contributed by atoms with Crippen molar-refractivity contribution in [2.75, 3.05) is 0 Å². The molecule has 0 saturated heterocycles. The van der Waals surface area contributed by atoms with E-state index in [9.17, 15) is 4.79 Å². The van der Waals surface area contributed by atoms with Gasteiger partial charge < -0.3 is 0 Å². The predicted molar refractivity (Wildman–Crippen MR) is 31.7 cm³/mol. The summed E-state index contributed by atoms with van der Waals surface area (Å²) in [6.07, 6.45) is 1.41. The van der Waals surface area contributed by atoms with E-state index in [0.717, 1.165) is 0 Å². The van der Waals surface area contributed by atoms with Crippen molar-refractivity contribution in [3.63, 3.8) is 0 Å². The Morgan fingerprint density at radius 2 is 2.67 bits per heavy atom. The topological polar surface area (TPSA) is 68.3 Å². The first-order valence-electron chi connectivity index (χ1n) is 2.39. The second kappa shape index (κ2) is 2.45. The molecule has 1 amide bonds. The molecule has 1 rings (SSSR count). The summed E-state index contributed by atoms with van der Waals surface area (Å²) in [6.45, 7) is 1.62. The van der Waals surface area contributed by atoms with Gasteiger partial charge in [0.05, 0.1) is 0 Å². The first-order valence-corrected chi connectivity index (χ1v) is 2.39. The van der Waals surface area contributed by atoms with E-state index in [1.165, 1.54) is 12.1 Å². The molecule has 0 spiro atoms. The number of carbonyl (C=O) groups is 1. The Balaban J connectivity index is 2.77. The van der Waals surface area contributed by atoms with Crippen molar-refractivity contribution in [2.24, 2.45) is 5.84 Å². The fourth-order valence-electron chi connectivity index (χ4n) is 0.479. The third-order valence-corrected chi connectivity index (χ3v) is 0.876. The van der Waals surface area contributed by atoms with E-state index < -0.39 is 5.91 Å². The summed E-state index contributed by atoms with van der Waals surface area (Å²) >= 11 is 0. The van der Waals surface area contributed by atoms with Gasteiger partial charge >= 0.3 is 51.2 Å². The summed E-state index contributed by atoms with van der Waals surface area (Å²) < 4.78 is 4.69. The maximum atomic E-state index is 10.5. The van der Waals surface area contributed by atoms with Crippen molar-refractivity contribution in [1.29, 1.82) is 0 Å². The van der Waals surface area contributed by atoms with Crippen molar-refractivity contribution in [1.82, 2.24) is 5.43 Å². The maximum absolute atomic E-state index is 10.5. The van der Waals surface area contributed by atoms with Gasteiger partial charge in [-0.3, -0.25) is 0 Å². The summed E-state index contributed by atoms with van der Waals surface area (Å²) in [4.78, 5) is 10.5. The molecule has 0 fully saturated rings. The molecule has 1 aromatic heterocycles. The predicted octanol–water partition coefficient (Wildman–Crippen LogP) is -0.779. The quantitative estimate of drug-likeness (QED) is 0.293. The summed E-state index contributed by atoms with van der Waals surface area (Å²) in [6, 6.07) is 0. The fourth-order valence-corrected chi connectivity index (χ4v) is 0.479. The van der Waals surface area contributed by atoms with Crippen LogP contribution < -0.4 is 11.3 Å². The second-order valence-electron chi connectivity index (χ2n) is 1.45. The van der Waals surface area contributed by atoms with E-state index >= 15 is 0 Å². The number of hydrogen-bond donors (Lipinski definition) is 2. The van der Waals surface area contributed by atoms with Gasteiger partial charge in [0.25, 0.3) is 0 Å². The number of rotatable bonds is 1. The Labute approximate surface area is 52.2 Å². The van der Waals surface area contributed by atoms with Crippen LogP contribution in [-0.4, -0.2) is 12.8 Å². The van der Waals surface area contributed by atoms with Crippen LogP contribution >= 0.6 is 0 Å². The molecular weight excluding hydrogens is 119 g/mol. The molecule has 1 heterocycles. The minimum atomic E-state index is -0.417. The van der Waals surface area contributed by atoms with Crippen LogP contribution in [0.25, 0.3) is 0 Å². The van der Waals surface area contributed by atoms with Gasteiger partial charge in [-0.05, 0) is 0 Å². The number of nitrogen functional groups attached to an aromatic ring is 1. The van der Waals surface area contributed by atoms with Crippen LogP contribution in [0.1, 0.15) is 10.6 Å². The molecule has 9 heavy (non-hydrogen) atoms. The number of carbonyl (C=O) groups excluding carboxylic acids is 1. The number of hydrogen-bond acceptors (Lipinski definition) is 3.